The molecule has 0 spiro atoms. The van der Waals surface area contributed by atoms with Crippen LogP contribution in [-0.2, 0) is 4.84 Å². The average Bonchev–Trinajstić information content (AvgIpc) is 2.17. The quantitative estimate of drug-likeness (QED) is 0.408. The van der Waals surface area contributed by atoms with E-state index in [9.17, 15) is 4.79 Å². The molecule has 1 heterocycles. The predicted octanol–water partition coefficient (Wildman–Crippen LogP) is -0.244. The van der Waals surface area contributed by atoms with E-state index in [1.165, 1.54) is 5.06 Å². The third kappa shape index (κ3) is 3.49. The first-order chi connectivity index (χ1) is 3.29. The normalized spacial score (nSPS) is 16.5. The Morgan fingerprint density at radius 1 is 1.75 bits per heavy atom. The van der Waals surface area contributed by atoms with Gasteiger partial charge in [0.25, 0.3) is 0 Å². The molecule has 1 saturated heterocycles. The van der Waals surface area contributed by atoms with Crippen molar-refractivity contribution in [2.24, 2.45) is 0 Å². The third-order valence-corrected chi connectivity index (χ3v) is 0.613. The summed E-state index contributed by atoms with van der Waals surface area (Å²) in [6.07, 6.45) is -1.22. The van der Waals surface area contributed by atoms with E-state index in [-0.39, 0.29) is 40.6 Å². The Kier molecular flexibility index (Phi) is 3.72. The van der Waals surface area contributed by atoms with Crippen molar-refractivity contribution in [2.45, 2.75) is 0 Å². The molecule has 1 aliphatic heterocycles. The minimum atomic E-state index is -1.22. The molecule has 0 aromatic rings. The van der Waals surface area contributed by atoms with Gasteiger partial charge in [0, 0.05) is 0 Å². The van der Waals surface area contributed by atoms with Gasteiger partial charge in [-0.25, -0.2) is 4.79 Å². The van der Waals surface area contributed by atoms with Crippen LogP contribution in [-0.4, -0.2) is 67.2 Å². The van der Waals surface area contributed by atoms with Crippen molar-refractivity contribution in [3.05, 3.63) is 0 Å². The molecule has 8 heavy (non-hydrogen) atoms. The zero-order chi connectivity index (χ0) is 5.28. The van der Waals surface area contributed by atoms with E-state index >= 15 is 0 Å². The van der Waals surface area contributed by atoms with E-state index in [1.807, 2.05) is 0 Å². The fraction of sp³-hybridized carbons (Fsp3) is 0.667. The Bertz CT molecular complexity index is 99.7. The van der Waals surface area contributed by atoms with Gasteiger partial charge in [0.1, 0.15) is 0 Å². The van der Waals surface area contributed by atoms with Crippen molar-refractivity contribution in [1.82, 2.24) is 5.06 Å². The Hall–Kier alpha value is 0.490. The predicted molar refractivity (Wildman–Crippen MR) is 28.7 cm³/mol. The maximum absolute atomic E-state index is 9.59. The van der Waals surface area contributed by atoms with Gasteiger partial charge < -0.3 is 12.8 Å². The first kappa shape index (κ1) is 8.49. The van der Waals surface area contributed by atoms with Crippen molar-refractivity contribution in [3.63, 3.8) is 0 Å². The van der Waals surface area contributed by atoms with E-state index in [4.69, 9.17) is 5.11 Å². The first-order valence-electron chi connectivity index (χ1n) is 1.95. The van der Waals surface area contributed by atoms with Crippen LogP contribution in [0.3, 0.4) is 0 Å². The van der Waals surface area contributed by atoms with Crippen molar-refractivity contribution in [2.75, 3.05) is 13.1 Å². The summed E-state index contributed by atoms with van der Waals surface area (Å²) in [5, 5.41) is 9.21. The minimum Gasteiger partial charge on any atom is -1.00 e. The van der Waals surface area contributed by atoms with Crippen molar-refractivity contribution in [1.29, 1.82) is 0 Å². The topological polar surface area (TPSA) is 49.5 Å². The molecule has 0 atom stereocenters. The maximum atomic E-state index is 9.59. The van der Waals surface area contributed by atoms with Crippen LogP contribution in [0.25, 0.3) is 0 Å². The van der Waals surface area contributed by atoms with Crippen LogP contribution in [0.1, 0.15) is 2.85 Å². The van der Waals surface area contributed by atoms with E-state index in [0.29, 0.717) is 0 Å². The number of hydroxylamine groups is 2. The van der Waals surface area contributed by atoms with Crippen molar-refractivity contribution >= 4 is 43.9 Å². The van der Waals surface area contributed by atoms with Crippen LogP contribution in [0.2, 0.25) is 0 Å². The minimum absolute atomic E-state index is 0. The Morgan fingerprint density at radius 2 is 2.25 bits per heavy atom. The van der Waals surface area contributed by atoms with E-state index < -0.39 is 6.16 Å². The summed E-state index contributed by atoms with van der Waals surface area (Å²) >= 11 is 0. The van der Waals surface area contributed by atoms with E-state index in [1.54, 1.807) is 0 Å². The fourth-order valence-corrected chi connectivity index (χ4v) is 0.243. The van der Waals surface area contributed by atoms with Crippen LogP contribution < -0.4 is 0 Å². The molecule has 0 aromatic heterocycles. The molecule has 0 amide bonds. The molecule has 0 aliphatic carbocycles. The molecule has 0 saturated carbocycles. The molecule has 1 fully saturated rings. The zero-order valence-electron chi connectivity index (χ0n) is 6.33. The Morgan fingerprint density at radius 3 is 2.38 bits per heavy atom. The zero-order valence-corrected chi connectivity index (χ0v) is 6.54. The number of hydrogen-bond acceptors (Lipinski definition) is 3. The van der Waals surface area contributed by atoms with Crippen LogP contribution in [0.4, 0.5) is 4.79 Å². The molecule has 0 aromatic carbocycles. The summed E-state index contributed by atoms with van der Waals surface area (Å²) in [5.41, 5.74) is 0. The fourth-order valence-electron chi connectivity index (χ4n) is 0.243. The van der Waals surface area contributed by atoms with Crippen LogP contribution in [0.5, 0.6) is 0 Å². The second-order valence-electron chi connectivity index (χ2n) is 1.29. The van der Waals surface area contributed by atoms with Gasteiger partial charge in [0.2, 0.25) is 0 Å². The van der Waals surface area contributed by atoms with Crippen LogP contribution in [0.15, 0.2) is 0 Å². The Balaban J connectivity index is -0.000000163. The molecule has 44 valence electrons. The number of carboxylic acid groups (broad SMARTS) is 1. The smallest absolute Gasteiger partial charge is 1.00 e. The maximum Gasteiger partial charge on any atom is 2.00 e. The summed E-state index contributed by atoms with van der Waals surface area (Å²) in [4.78, 5) is 13.7. The van der Waals surface area contributed by atoms with Gasteiger partial charge >= 0.3 is 43.9 Å². The summed E-state index contributed by atoms with van der Waals surface area (Å²) in [7, 11) is 0. The molecular weight excluding hydrogens is 138 g/mol. The van der Waals surface area contributed by atoms with E-state index in [0.717, 1.165) is 13.1 Å². The SMILES string of the molecule is O=C(O)ON1CC1.[Ca+2].[H-].[H-]. The molecular formula is C3H7CaNO3. The molecule has 0 unspecified atom stereocenters. The number of nitrogens with zero attached hydrogens (tertiary/aromatic N) is 1. The van der Waals surface area contributed by atoms with Gasteiger partial charge in [-0.3, -0.25) is 0 Å². The summed E-state index contributed by atoms with van der Waals surface area (Å²) in [6, 6.07) is 0. The number of hydrogen-bond donors (Lipinski definition) is 1. The average molecular weight is 145 g/mol. The molecule has 4 nitrogen and oxygen atoms in total. The summed E-state index contributed by atoms with van der Waals surface area (Å²) < 4.78 is 0. The monoisotopic (exact) mass is 145 g/mol. The van der Waals surface area contributed by atoms with Crippen molar-refractivity contribution in [3.8, 4) is 0 Å². The Labute approximate surface area is 79.3 Å². The number of carbonyl (C=O) groups is 1. The summed E-state index contributed by atoms with van der Waals surface area (Å²) in [5.74, 6) is 0. The number of rotatable bonds is 1. The van der Waals surface area contributed by atoms with Gasteiger partial charge in [-0.2, -0.15) is 0 Å². The van der Waals surface area contributed by atoms with Gasteiger partial charge in [-0.15, -0.1) is 5.06 Å². The second-order valence-corrected chi connectivity index (χ2v) is 1.29. The molecule has 0 bridgehead atoms. The van der Waals surface area contributed by atoms with Crippen molar-refractivity contribution < 1.29 is 17.6 Å². The van der Waals surface area contributed by atoms with Crippen LogP contribution >= 0.6 is 0 Å². The molecule has 1 N–H and O–H groups in total. The largest absolute Gasteiger partial charge is 2.00 e. The molecule has 1 aliphatic rings. The van der Waals surface area contributed by atoms with Gasteiger partial charge in [-0.1, -0.05) is 0 Å². The molecule has 5 heteroatoms. The molecule has 1 rings (SSSR count). The molecule has 0 radical (unpaired) electrons. The third-order valence-electron chi connectivity index (χ3n) is 0.613. The van der Waals surface area contributed by atoms with E-state index in [2.05, 4.69) is 4.84 Å². The summed E-state index contributed by atoms with van der Waals surface area (Å²) in [6.45, 7) is 1.48. The second kappa shape index (κ2) is 3.50. The van der Waals surface area contributed by atoms with Gasteiger partial charge in [0.15, 0.2) is 0 Å². The van der Waals surface area contributed by atoms with Gasteiger partial charge in [0.05, 0.1) is 13.1 Å². The van der Waals surface area contributed by atoms with Gasteiger partial charge in [-0.05, 0) is 0 Å². The van der Waals surface area contributed by atoms with Crippen LogP contribution in [0, 0.1) is 0 Å². The standard InChI is InChI=1S/C3H5NO3.Ca.2H/c5-3(6)7-4-1-2-4;;;/h1-2H2,(H,5,6);;;/q;+2;2*-1. The first-order valence-corrected chi connectivity index (χ1v) is 1.95.